The number of nitrogens with one attached hydrogen (secondary N) is 2. The van der Waals surface area contributed by atoms with E-state index in [2.05, 4.69) is 60.4 Å². The smallest absolute Gasteiger partial charge is 0.213 e. The summed E-state index contributed by atoms with van der Waals surface area (Å²) in [6.45, 7) is 14.9. The number of rotatable bonds is 7. The standard InChI is InChI=1S/C21H32N4O2/c1-7-22-20(25-14-19-23-13-18(27-19)21(4,5)6)24-12-16-9-10-17(26-8-2)15(3)11-16/h9-11,13H,7-8,12,14H2,1-6H3,(H2,22,24,25). The normalized spacial score (nSPS) is 12.1. The average molecular weight is 373 g/mol. The van der Waals surface area contributed by atoms with Crippen LogP contribution >= 0.6 is 0 Å². The van der Waals surface area contributed by atoms with E-state index in [1.54, 1.807) is 6.20 Å². The fourth-order valence-electron chi connectivity index (χ4n) is 2.54. The molecule has 0 aliphatic heterocycles. The molecule has 0 saturated carbocycles. The van der Waals surface area contributed by atoms with Gasteiger partial charge in [-0.3, -0.25) is 0 Å². The van der Waals surface area contributed by atoms with Gasteiger partial charge in [0, 0.05) is 12.0 Å². The van der Waals surface area contributed by atoms with Crippen molar-refractivity contribution in [1.82, 2.24) is 15.6 Å². The molecule has 1 aromatic carbocycles. The molecule has 6 nitrogen and oxygen atoms in total. The molecule has 0 bridgehead atoms. The second-order valence-corrected chi connectivity index (χ2v) is 7.45. The molecule has 0 unspecified atom stereocenters. The van der Waals surface area contributed by atoms with Crippen molar-refractivity contribution in [1.29, 1.82) is 0 Å². The Hall–Kier alpha value is -2.50. The summed E-state index contributed by atoms with van der Waals surface area (Å²) in [7, 11) is 0. The lowest BCUT2D eigenvalue weighted by Crippen LogP contribution is -2.36. The molecule has 0 amide bonds. The highest BCUT2D eigenvalue weighted by Crippen LogP contribution is 2.22. The van der Waals surface area contributed by atoms with E-state index in [0.717, 1.165) is 35.1 Å². The van der Waals surface area contributed by atoms with Crippen molar-refractivity contribution in [2.75, 3.05) is 13.2 Å². The summed E-state index contributed by atoms with van der Waals surface area (Å²) in [5.74, 6) is 3.20. The topological polar surface area (TPSA) is 71.7 Å². The highest BCUT2D eigenvalue weighted by molar-refractivity contribution is 5.79. The van der Waals surface area contributed by atoms with E-state index in [0.29, 0.717) is 25.6 Å². The fourth-order valence-corrected chi connectivity index (χ4v) is 2.54. The maximum absolute atomic E-state index is 5.82. The SMILES string of the molecule is CCNC(=NCc1ccc(OCC)c(C)c1)NCc1ncc(C(C)(C)C)o1. The van der Waals surface area contributed by atoms with Crippen LogP contribution in [0, 0.1) is 6.92 Å². The summed E-state index contributed by atoms with van der Waals surface area (Å²) in [5, 5.41) is 6.53. The van der Waals surface area contributed by atoms with Crippen molar-refractivity contribution in [3.05, 3.63) is 47.2 Å². The van der Waals surface area contributed by atoms with E-state index in [1.807, 2.05) is 19.9 Å². The summed E-state index contributed by atoms with van der Waals surface area (Å²) in [5.41, 5.74) is 2.21. The maximum Gasteiger partial charge on any atom is 0.213 e. The Kier molecular flexibility index (Phi) is 7.28. The first-order valence-corrected chi connectivity index (χ1v) is 9.53. The monoisotopic (exact) mass is 372 g/mol. The van der Waals surface area contributed by atoms with Crippen molar-refractivity contribution >= 4 is 5.96 Å². The van der Waals surface area contributed by atoms with Crippen LogP contribution in [0.25, 0.3) is 0 Å². The summed E-state index contributed by atoms with van der Waals surface area (Å²) in [6.07, 6.45) is 1.80. The van der Waals surface area contributed by atoms with Gasteiger partial charge in [0.25, 0.3) is 0 Å². The van der Waals surface area contributed by atoms with Gasteiger partial charge in [-0.2, -0.15) is 0 Å². The van der Waals surface area contributed by atoms with E-state index in [1.165, 1.54) is 0 Å². The molecule has 0 radical (unpaired) electrons. The number of benzene rings is 1. The lowest BCUT2D eigenvalue weighted by atomic mass is 9.94. The molecule has 2 N–H and O–H groups in total. The maximum atomic E-state index is 5.82. The predicted molar refractivity (Wildman–Crippen MR) is 109 cm³/mol. The van der Waals surface area contributed by atoms with E-state index < -0.39 is 0 Å². The van der Waals surface area contributed by atoms with Crippen LogP contribution in [0.1, 0.15) is 57.4 Å². The van der Waals surface area contributed by atoms with Crippen LogP contribution in [0.5, 0.6) is 5.75 Å². The minimum Gasteiger partial charge on any atom is -0.494 e. The zero-order valence-corrected chi connectivity index (χ0v) is 17.3. The van der Waals surface area contributed by atoms with Crippen LogP contribution in [-0.2, 0) is 18.5 Å². The van der Waals surface area contributed by atoms with E-state index in [9.17, 15) is 0 Å². The third-order valence-electron chi connectivity index (χ3n) is 4.00. The summed E-state index contributed by atoms with van der Waals surface area (Å²) < 4.78 is 11.4. The largest absolute Gasteiger partial charge is 0.494 e. The Morgan fingerprint density at radius 3 is 2.59 bits per heavy atom. The number of aromatic nitrogens is 1. The van der Waals surface area contributed by atoms with Gasteiger partial charge in [-0.15, -0.1) is 0 Å². The van der Waals surface area contributed by atoms with Crippen molar-refractivity contribution in [2.45, 2.75) is 60.0 Å². The molecule has 0 fully saturated rings. The molecule has 0 aliphatic carbocycles. The van der Waals surface area contributed by atoms with Gasteiger partial charge in [0.2, 0.25) is 5.89 Å². The van der Waals surface area contributed by atoms with Gasteiger partial charge in [-0.1, -0.05) is 32.9 Å². The van der Waals surface area contributed by atoms with Crippen molar-refractivity contribution in [3.63, 3.8) is 0 Å². The Labute approximate surface area is 162 Å². The van der Waals surface area contributed by atoms with Gasteiger partial charge >= 0.3 is 0 Å². The molecule has 1 aromatic heterocycles. The Morgan fingerprint density at radius 2 is 2.00 bits per heavy atom. The van der Waals surface area contributed by atoms with Gasteiger partial charge in [-0.25, -0.2) is 9.98 Å². The van der Waals surface area contributed by atoms with E-state index >= 15 is 0 Å². The lowest BCUT2D eigenvalue weighted by molar-refractivity contribution is 0.338. The lowest BCUT2D eigenvalue weighted by Gasteiger charge is -2.13. The van der Waals surface area contributed by atoms with Gasteiger partial charge in [0.15, 0.2) is 5.96 Å². The van der Waals surface area contributed by atoms with Gasteiger partial charge in [0.1, 0.15) is 11.5 Å². The number of aliphatic imine (C=N–C) groups is 1. The third kappa shape index (κ3) is 6.31. The highest BCUT2D eigenvalue weighted by atomic mass is 16.5. The number of hydrogen-bond acceptors (Lipinski definition) is 4. The summed E-state index contributed by atoms with van der Waals surface area (Å²) in [6, 6.07) is 6.17. The predicted octanol–water partition coefficient (Wildman–Crippen LogP) is 3.93. The van der Waals surface area contributed by atoms with Crippen LogP contribution in [0.3, 0.4) is 0 Å². The molecule has 2 rings (SSSR count). The van der Waals surface area contributed by atoms with Crippen LogP contribution < -0.4 is 15.4 Å². The Bertz CT molecular complexity index is 760. The van der Waals surface area contributed by atoms with Crippen LogP contribution in [0.4, 0.5) is 0 Å². The van der Waals surface area contributed by atoms with Crippen LogP contribution in [-0.4, -0.2) is 24.1 Å². The summed E-state index contributed by atoms with van der Waals surface area (Å²) in [4.78, 5) is 9.00. The number of guanidine groups is 1. The molecule has 0 aliphatic rings. The van der Waals surface area contributed by atoms with Crippen LogP contribution in [0.2, 0.25) is 0 Å². The first-order valence-electron chi connectivity index (χ1n) is 9.53. The zero-order chi connectivity index (χ0) is 19.9. The molecule has 6 heteroatoms. The number of hydrogen-bond donors (Lipinski definition) is 2. The van der Waals surface area contributed by atoms with Crippen molar-refractivity contribution in [2.24, 2.45) is 4.99 Å². The third-order valence-corrected chi connectivity index (χ3v) is 4.00. The minimum absolute atomic E-state index is 0.0463. The van der Waals surface area contributed by atoms with E-state index in [4.69, 9.17) is 9.15 Å². The van der Waals surface area contributed by atoms with Gasteiger partial charge in [-0.05, 0) is 38.0 Å². The van der Waals surface area contributed by atoms with Gasteiger partial charge < -0.3 is 19.8 Å². The number of aryl methyl sites for hydroxylation is 1. The minimum atomic E-state index is -0.0463. The molecule has 27 heavy (non-hydrogen) atoms. The van der Waals surface area contributed by atoms with Crippen molar-refractivity contribution in [3.8, 4) is 5.75 Å². The first-order chi connectivity index (χ1) is 12.8. The first kappa shape index (κ1) is 20.8. The molecular formula is C21H32N4O2. The van der Waals surface area contributed by atoms with E-state index in [-0.39, 0.29) is 5.41 Å². The molecule has 0 atom stereocenters. The summed E-state index contributed by atoms with van der Waals surface area (Å²) >= 11 is 0. The zero-order valence-electron chi connectivity index (χ0n) is 17.3. The average Bonchev–Trinajstić information content (AvgIpc) is 3.09. The highest BCUT2D eigenvalue weighted by Gasteiger charge is 2.19. The molecule has 1 heterocycles. The second kappa shape index (κ2) is 9.44. The number of nitrogens with zero attached hydrogens (tertiary/aromatic N) is 2. The molecule has 0 spiro atoms. The Morgan fingerprint density at radius 1 is 1.22 bits per heavy atom. The molecule has 0 saturated heterocycles. The van der Waals surface area contributed by atoms with Gasteiger partial charge in [0.05, 0.1) is 25.9 Å². The van der Waals surface area contributed by atoms with Crippen molar-refractivity contribution < 1.29 is 9.15 Å². The Balaban J connectivity index is 1.99. The second-order valence-electron chi connectivity index (χ2n) is 7.45. The molecule has 2 aromatic rings. The molecular weight excluding hydrogens is 340 g/mol. The van der Waals surface area contributed by atoms with Crippen LogP contribution in [0.15, 0.2) is 33.8 Å². The quantitative estimate of drug-likeness (QED) is 0.569. The number of ether oxygens (including phenoxy) is 1. The fraction of sp³-hybridized carbons (Fsp3) is 0.524. The number of oxazole rings is 1. The molecule has 148 valence electrons.